The normalized spacial score (nSPS) is 19.5. The van der Waals surface area contributed by atoms with E-state index in [2.05, 4.69) is 20.8 Å². The van der Waals surface area contributed by atoms with Crippen LogP contribution in [0.5, 0.6) is 0 Å². The zero-order valence-electron chi connectivity index (χ0n) is 10.6. The number of aliphatic hydroxyl groups is 1. The zero-order valence-corrected chi connectivity index (χ0v) is 12.2. The fraction of sp³-hybridized carbons (Fsp3) is 0.538. The highest BCUT2D eigenvalue weighted by Gasteiger charge is 2.27. The van der Waals surface area contributed by atoms with Crippen molar-refractivity contribution in [2.75, 3.05) is 18.1 Å². The molecule has 1 unspecified atom stereocenters. The maximum absolute atomic E-state index is 11.2. The van der Waals surface area contributed by atoms with Crippen molar-refractivity contribution in [1.29, 1.82) is 0 Å². The Balaban J connectivity index is 2.37. The number of hydrogen-bond acceptors (Lipinski definition) is 4. The van der Waals surface area contributed by atoms with Crippen LogP contribution in [-0.2, 0) is 0 Å². The molecule has 1 N–H and O–H groups in total. The number of nitrogens with zero attached hydrogens (tertiary/aromatic N) is 2. The quantitative estimate of drug-likeness (QED) is 0.681. The second-order valence-electron chi connectivity index (χ2n) is 4.75. The molecule has 1 aliphatic rings. The minimum Gasteiger partial charge on any atom is -0.396 e. The van der Waals surface area contributed by atoms with Crippen LogP contribution in [0.1, 0.15) is 25.7 Å². The Bertz CT molecular complexity index is 465. The fourth-order valence-electron chi connectivity index (χ4n) is 2.65. The van der Waals surface area contributed by atoms with Crippen LogP contribution in [0, 0.1) is 10.1 Å². The third-order valence-electron chi connectivity index (χ3n) is 3.53. The number of rotatable bonds is 4. The average molecular weight is 329 g/mol. The highest BCUT2D eigenvalue weighted by molar-refractivity contribution is 9.10. The molecule has 0 aliphatic carbocycles. The van der Waals surface area contributed by atoms with E-state index in [0.29, 0.717) is 12.1 Å². The first-order valence-corrected chi connectivity index (χ1v) is 7.24. The standard InChI is InChI=1S/C13H17BrN2O3/c14-10-4-5-12(16(18)19)13(9-10)15-7-2-1-3-11(15)6-8-17/h4-5,9,11,17H,1-3,6-8H2. The molecule has 2 rings (SSSR count). The maximum atomic E-state index is 11.2. The van der Waals surface area contributed by atoms with Crippen LogP contribution >= 0.6 is 15.9 Å². The Labute approximate surface area is 120 Å². The first kappa shape index (κ1) is 14.3. The summed E-state index contributed by atoms with van der Waals surface area (Å²) < 4.78 is 0.835. The molecule has 6 heteroatoms. The molecule has 1 atom stereocenters. The summed E-state index contributed by atoms with van der Waals surface area (Å²) in [6.07, 6.45) is 3.78. The van der Waals surface area contributed by atoms with E-state index < -0.39 is 0 Å². The van der Waals surface area contributed by atoms with Gasteiger partial charge in [-0.15, -0.1) is 0 Å². The van der Waals surface area contributed by atoms with Gasteiger partial charge >= 0.3 is 0 Å². The van der Waals surface area contributed by atoms with Crippen molar-refractivity contribution < 1.29 is 10.0 Å². The molecule has 1 heterocycles. The van der Waals surface area contributed by atoms with Crippen LogP contribution < -0.4 is 4.90 Å². The minimum absolute atomic E-state index is 0.114. The summed E-state index contributed by atoms with van der Waals surface area (Å²) in [6, 6.07) is 5.21. The number of nitro benzene ring substituents is 1. The van der Waals surface area contributed by atoms with E-state index in [1.54, 1.807) is 12.1 Å². The second kappa shape index (κ2) is 6.34. The third-order valence-corrected chi connectivity index (χ3v) is 4.03. The molecule has 0 aromatic heterocycles. The van der Waals surface area contributed by atoms with E-state index in [0.717, 1.165) is 30.3 Å². The van der Waals surface area contributed by atoms with Gasteiger partial charge in [-0.25, -0.2) is 0 Å². The molecule has 1 fully saturated rings. The van der Waals surface area contributed by atoms with Crippen LogP contribution in [0.3, 0.4) is 0 Å². The van der Waals surface area contributed by atoms with Gasteiger partial charge in [0.1, 0.15) is 5.69 Å². The van der Waals surface area contributed by atoms with Crippen LogP contribution in [0.2, 0.25) is 0 Å². The lowest BCUT2D eigenvalue weighted by Gasteiger charge is -2.37. The first-order valence-electron chi connectivity index (χ1n) is 6.45. The smallest absolute Gasteiger partial charge is 0.292 e. The molecule has 0 spiro atoms. The van der Waals surface area contributed by atoms with Crippen molar-refractivity contribution in [3.05, 3.63) is 32.8 Å². The largest absolute Gasteiger partial charge is 0.396 e. The summed E-state index contributed by atoms with van der Waals surface area (Å²) in [4.78, 5) is 12.9. The van der Waals surface area contributed by atoms with Crippen LogP contribution in [-0.4, -0.2) is 29.2 Å². The lowest BCUT2D eigenvalue weighted by molar-refractivity contribution is -0.384. The van der Waals surface area contributed by atoms with Gasteiger partial charge in [0.05, 0.1) is 4.92 Å². The number of halogens is 1. The van der Waals surface area contributed by atoms with Gasteiger partial charge in [0.25, 0.3) is 5.69 Å². The summed E-state index contributed by atoms with van der Waals surface area (Å²) in [5.41, 5.74) is 0.783. The second-order valence-corrected chi connectivity index (χ2v) is 5.66. The van der Waals surface area contributed by atoms with E-state index in [4.69, 9.17) is 5.11 Å². The molecule has 0 amide bonds. The lowest BCUT2D eigenvalue weighted by atomic mass is 9.98. The Hall–Kier alpha value is -1.14. The number of aliphatic hydroxyl groups excluding tert-OH is 1. The molecule has 0 saturated carbocycles. The molecule has 104 valence electrons. The van der Waals surface area contributed by atoms with Gasteiger partial charge in [-0.1, -0.05) is 15.9 Å². The molecule has 5 nitrogen and oxygen atoms in total. The summed E-state index contributed by atoms with van der Waals surface area (Å²) in [5.74, 6) is 0. The summed E-state index contributed by atoms with van der Waals surface area (Å²) in [7, 11) is 0. The van der Waals surface area contributed by atoms with Crippen LogP contribution in [0.4, 0.5) is 11.4 Å². The Morgan fingerprint density at radius 3 is 2.95 bits per heavy atom. The van der Waals surface area contributed by atoms with Crippen molar-refractivity contribution in [1.82, 2.24) is 0 Å². The highest BCUT2D eigenvalue weighted by Crippen LogP contribution is 2.35. The predicted octanol–water partition coefficient (Wildman–Crippen LogP) is 3.10. The van der Waals surface area contributed by atoms with Crippen molar-refractivity contribution in [3.63, 3.8) is 0 Å². The fourth-order valence-corrected chi connectivity index (χ4v) is 3.00. The molecule has 19 heavy (non-hydrogen) atoms. The lowest BCUT2D eigenvalue weighted by Crippen LogP contribution is -2.40. The molecular weight excluding hydrogens is 312 g/mol. The molecule has 0 bridgehead atoms. The van der Waals surface area contributed by atoms with Gasteiger partial charge < -0.3 is 10.0 Å². The summed E-state index contributed by atoms with van der Waals surface area (Å²) >= 11 is 3.37. The van der Waals surface area contributed by atoms with Gasteiger partial charge in [-0.2, -0.15) is 0 Å². The molecule has 1 saturated heterocycles. The third kappa shape index (κ3) is 3.25. The van der Waals surface area contributed by atoms with E-state index >= 15 is 0 Å². The number of hydrogen-bond donors (Lipinski definition) is 1. The summed E-state index contributed by atoms with van der Waals surface area (Å²) in [5, 5.41) is 20.3. The van der Waals surface area contributed by atoms with Gasteiger partial charge in [-0.05, 0) is 37.8 Å². The maximum Gasteiger partial charge on any atom is 0.292 e. The van der Waals surface area contributed by atoms with Crippen molar-refractivity contribution in [2.24, 2.45) is 0 Å². The molecule has 1 aliphatic heterocycles. The minimum atomic E-state index is -0.341. The van der Waals surface area contributed by atoms with Gasteiger partial charge in [0.2, 0.25) is 0 Å². The molecule has 1 aromatic carbocycles. The number of nitro groups is 1. The number of piperidine rings is 1. The van der Waals surface area contributed by atoms with Crippen LogP contribution in [0.25, 0.3) is 0 Å². The van der Waals surface area contributed by atoms with Crippen molar-refractivity contribution in [3.8, 4) is 0 Å². The Morgan fingerprint density at radius 1 is 1.47 bits per heavy atom. The van der Waals surface area contributed by atoms with Gasteiger partial charge in [0, 0.05) is 29.7 Å². The van der Waals surface area contributed by atoms with E-state index in [1.807, 2.05) is 0 Å². The topological polar surface area (TPSA) is 66.6 Å². The highest BCUT2D eigenvalue weighted by atomic mass is 79.9. The Kier molecular flexibility index (Phi) is 4.76. The number of benzene rings is 1. The average Bonchev–Trinajstić information content (AvgIpc) is 2.39. The first-order chi connectivity index (χ1) is 9.13. The van der Waals surface area contributed by atoms with E-state index in [-0.39, 0.29) is 23.3 Å². The van der Waals surface area contributed by atoms with Gasteiger partial charge in [0.15, 0.2) is 0 Å². The van der Waals surface area contributed by atoms with E-state index in [9.17, 15) is 10.1 Å². The molecular formula is C13H17BrN2O3. The molecule has 1 aromatic rings. The monoisotopic (exact) mass is 328 g/mol. The summed E-state index contributed by atoms with van der Waals surface area (Å²) in [6.45, 7) is 0.922. The Morgan fingerprint density at radius 2 is 2.26 bits per heavy atom. The van der Waals surface area contributed by atoms with Crippen molar-refractivity contribution >= 4 is 27.3 Å². The molecule has 0 radical (unpaired) electrons. The zero-order chi connectivity index (χ0) is 13.8. The van der Waals surface area contributed by atoms with E-state index in [1.165, 1.54) is 6.07 Å². The predicted molar refractivity (Wildman–Crippen MR) is 77.5 cm³/mol. The van der Waals surface area contributed by atoms with Crippen molar-refractivity contribution in [2.45, 2.75) is 31.7 Å². The van der Waals surface area contributed by atoms with Gasteiger partial charge in [-0.3, -0.25) is 10.1 Å². The SMILES string of the molecule is O=[N+]([O-])c1ccc(Br)cc1N1CCCCC1CCO. The van der Waals surface area contributed by atoms with Crippen LogP contribution in [0.15, 0.2) is 22.7 Å². The number of anilines is 1.